The van der Waals surface area contributed by atoms with Crippen molar-refractivity contribution >= 4 is 9.24 Å². The molecule has 0 N–H and O–H groups in total. The van der Waals surface area contributed by atoms with Crippen molar-refractivity contribution in [2.45, 2.75) is 64.2 Å². The zero-order valence-corrected chi connectivity index (χ0v) is 21.5. The van der Waals surface area contributed by atoms with Gasteiger partial charge >= 0.3 is 0 Å². The molecule has 0 radical (unpaired) electrons. The van der Waals surface area contributed by atoms with Gasteiger partial charge in [-0.25, -0.2) is 0 Å². The third-order valence-electron chi connectivity index (χ3n) is 7.59. The Morgan fingerprint density at radius 2 is 1.19 bits per heavy atom. The van der Waals surface area contributed by atoms with Gasteiger partial charge in [-0.3, -0.25) is 4.90 Å². The average molecular weight is 444 g/mol. The van der Waals surface area contributed by atoms with Gasteiger partial charge in [0.1, 0.15) is 0 Å². The van der Waals surface area contributed by atoms with Gasteiger partial charge in [-0.1, -0.05) is 66.7 Å². The van der Waals surface area contributed by atoms with E-state index in [1.807, 2.05) is 0 Å². The maximum Gasteiger partial charge on any atom is 0.0158 e. The maximum atomic E-state index is 2.79. The highest BCUT2D eigenvalue weighted by molar-refractivity contribution is 7.15. The summed E-state index contributed by atoms with van der Waals surface area (Å²) in [6.07, 6.45) is 4.68. The average Bonchev–Trinajstić information content (AvgIpc) is 2.78. The predicted octanol–water partition coefficient (Wildman–Crippen LogP) is 7.84. The predicted molar refractivity (Wildman–Crippen MR) is 143 cm³/mol. The molecule has 0 bridgehead atoms. The van der Waals surface area contributed by atoms with Crippen LogP contribution in [0.25, 0.3) is 22.3 Å². The Hall–Kier alpha value is -1.95. The Balaban J connectivity index is 1.49. The van der Waals surface area contributed by atoms with Gasteiger partial charge in [0, 0.05) is 11.1 Å². The van der Waals surface area contributed by atoms with E-state index in [2.05, 4.69) is 122 Å². The van der Waals surface area contributed by atoms with Crippen LogP contribution in [-0.2, 0) is 12.6 Å². The Bertz CT molecular complexity index is 1030. The normalized spacial score (nSPS) is 18.6. The second-order valence-corrected chi connectivity index (χ2v) is 11.2. The molecule has 1 aliphatic rings. The molecule has 0 saturated carbocycles. The van der Waals surface area contributed by atoms with Gasteiger partial charge < -0.3 is 0 Å². The fourth-order valence-electron chi connectivity index (χ4n) is 5.60. The molecular weight excluding hydrogens is 405 g/mol. The lowest BCUT2D eigenvalue weighted by molar-refractivity contribution is -0.0296. The maximum absolute atomic E-state index is 2.79. The van der Waals surface area contributed by atoms with Crippen LogP contribution in [0.15, 0.2) is 72.8 Å². The first-order valence-electron chi connectivity index (χ1n) is 11.9. The van der Waals surface area contributed by atoms with Gasteiger partial charge in [0.25, 0.3) is 0 Å². The van der Waals surface area contributed by atoms with Crippen LogP contribution >= 0.6 is 9.24 Å². The Morgan fingerprint density at radius 1 is 0.719 bits per heavy atom. The molecule has 0 spiro atoms. The molecule has 1 saturated heterocycles. The second kappa shape index (κ2) is 9.12. The molecule has 3 aromatic carbocycles. The van der Waals surface area contributed by atoms with Crippen LogP contribution < -0.4 is 0 Å². The Kier molecular flexibility index (Phi) is 6.62. The van der Waals surface area contributed by atoms with Crippen molar-refractivity contribution in [2.24, 2.45) is 5.92 Å². The lowest BCUT2D eigenvalue weighted by atomic mass is 9.72. The van der Waals surface area contributed by atoms with Crippen LogP contribution in [0.2, 0.25) is 0 Å². The van der Waals surface area contributed by atoms with Crippen molar-refractivity contribution in [3.05, 3.63) is 83.9 Å². The van der Waals surface area contributed by atoms with Crippen molar-refractivity contribution in [3.63, 3.8) is 0 Å². The lowest BCUT2D eigenvalue weighted by Gasteiger charge is -2.54. The minimum atomic E-state index is 0.251. The summed E-state index contributed by atoms with van der Waals surface area (Å²) in [7, 11) is 5.08. The van der Waals surface area contributed by atoms with Gasteiger partial charge in [-0.05, 0) is 106 Å². The highest BCUT2D eigenvalue weighted by Gasteiger charge is 2.42. The molecular formula is C30H38NP. The van der Waals surface area contributed by atoms with Gasteiger partial charge in [-0.15, -0.1) is 9.24 Å². The zero-order chi connectivity index (χ0) is 22.9. The molecule has 3 aromatic rings. The minimum absolute atomic E-state index is 0.251. The molecule has 4 rings (SSSR count). The second-order valence-electron chi connectivity index (χ2n) is 10.8. The first-order chi connectivity index (χ1) is 15.2. The summed E-state index contributed by atoms with van der Waals surface area (Å²) in [5.41, 5.74) is 8.44. The molecule has 1 fully saturated rings. The fraction of sp³-hybridized carbons (Fsp3) is 0.400. The molecule has 1 heterocycles. The highest BCUT2D eigenvalue weighted by atomic mass is 31.0. The van der Waals surface area contributed by atoms with Crippen molar-refractivity contribution < 1.29 is 0 Å². The van der Waals surface area contributed by atoms with Gasteiger partial charge in [0.15, 0.2) is 0 Å². The SMILES string of the molecule is CN1C(C)(C)CC(Cc2ccc(-c3cccc(-c4ccc(CP)cc4)c3)cc2)CC1(C)C. The van der Waals surface area contributed by atoms with Crippen LogP contribution in [0.3, 0.4) is 0 Å². The van der Waals surface area contributed by atoms with Crippen LogP contribution in [0.4, 0.5) is 0 Å². The molecule has 168 valence electrons. The van der Waals surface area contributed by atoms with E-state index in [0.717, 1.165) is 12.1 Å². The first-order valence-corrected chi connectivity index (χ1v) is 12.7. The molecule has 0 aliphatic carbocycles. The van der Waals surface area contributed by atoms with E-state index in [1.165, 1.54) is 52.6 Å². The van der Waals surface area contributed by atoms with E-state index in [4.69, 9.17) is 0 Å². The summed E-state index contributed by atoms with van der Waals surface area (Å²) in [6, 6.07) is 27.1. The van der Waals surface area contributed by atoms with Gasteiger partial charge in [0.05, 0.1) is 0 Å². The molecule has 0 aromatic heterocycles. The lowest BCUT2D eigenvalue weighted by Crippen LogP contribution is -2.58. The summed E-state index contributed by atoms with van der Waals surface area (Å²) < 4.78 is 0. The number of hydrogen-bond donors (Lipinski definition) is 0. The Labute approximate surface area is 197 Å². The summed E-state index contributed by atoms with van der Waals surface area (Å²) >= 11 is 0. The summed E-state index contributed by atoms with van der Waals surface area (Å²) in [5, 5.41) is 0. The molecule has 1 atom stereocenters. The summed E-state index contributed by atoms with van der Waals surface area (Å²) in [5.74, 6) is 0.731. The standard InChI is InChI=1S/C30H38NP/c1-29(2)19-24(20-30(3,4)31(29)5)17-22-9-13-25(14-10-22)27-7-6-8-28(18-27)26-15-11-23(21-32)12-16-26/h6-16,18,24H,17,19-21,32H2,1-5H3. The first kappa shape index (κ1) is 23.2. The summed E-state index contributed by atoms with van der Waals surface area (Å²) in [4.78, 5) is 2.57. The van der Waals surface area contributed by atoms with Crippen LogP contribution in [-0.4, -0.2) is 23.0 Å². The number of rotatable bonds is 5. The van der Waals surface area contributed by atoms with Crippen LogP contribution in [0.1, 0.15) is 51.7 Å². The molecule has 1 nitrogen and oxygen atoms in total. The molecule has 0 amide bonds. The number of hydrogen-bond acceptors (Lipinski definition) is 1. The van der Waals surface area contributed by atoms with Gasteiger partial charge in [-0.2, -0.15) is 0 Å². The van der Waals surface area contributed by atoms with Crippen LogP contribution in [0.5, 0.6) is 0 Å². The van der Waals surface area contributed by atoms with E-state index in [1.54, 1.807) is 0 Å². The molecule has 32 heavy (non-hydrogen) atoms. The van der Waals surface area contributed by atoms with E-state index in [-0.39, 0.29) is 11.1 Å². The fourth-order valence-corrected chi connectivity index (χ4v) is 5.87. The van der Waals surface area contributed by atoms with Gasteiger partial charge in [0.2, 0.25) is 0 Å². The molecule has 1 aliphatic heterocycles. The molecule has 1 unspecified atom stereocenters. The van der Waals surface area contributed by atoms with Crippen molar-refractivity contribution in [2.75, 3.05) is 7.05 Å². The minimum Gasteiger partial charge on any atom is -0.296 e. The monoisotopic (exact) mass is 443 g/mol. The van der Waals surface area contributed by atoms with E-state index in [0.29, 0.717) is 0 Å². The van der Waals surface area contributed by atoms with Crippen LogP contribution in [0, 0.1) is 5.92 Å². The smallest absolute Gasteiger partial charge is 0.0158 e. The zero-order valence-electron chi connectivity index (χ0n) is 20.4. The largest absolute Gasteiger partial charge is 0.296 e. The van der Waals surface area contributed by atoms with E-state index < -0.39 is 0 Å². The van der Waals surface area contributed by atoms with Crippen molar-refractivity contribution in [1.29, 1.82) is 0 Å². The topological polar surface area (TPSA) is 3.24 Å². The third kappa shape index (κ3) is 5.00. The highest BCUT2D eigenvalue weighted by Crippen LogP contribution is 2.41. The van der Waals surface area contributed by atoms with Crippen molar-refractivity contribution in [3.8, 4) is 22.3 Å². The number of likely N-dealkylation sites (tertiary alicyclic amines) is 1. The van der Waals surface area contributed by atoms with E-state index in [9.17, 15) is 0 Å². The van der Waals surface area contributed by atoms with Crippen molar-refractivity contribution in [1.82, 2.24) is 4.90 Å². The summed E-state index contributed by atoms with van der Waals surface area (Å²) in [6.45, 7) is 9.58. The third-order valence-corrected chi connectivity index (χ3v) is 8.06. The van der Waals surface area contributed by atoms with E-state index >= 15 is 0 Å². The Morgan fingerprint density at radius 3 is 1.66 bits per heavy atom. The quantitative estimate of drug-likeness (QED) is 0.363. The number of nitrogens with zero attached hydrogens (tertiary/aromatic N) is 1. The molecule has 2 heteroatoms. The number of piperidine rings is 1. The number of benzene rings is 3.